The fourth-order valence-electron chi connectivity index (χ4n) is 1.71. The Kier molecular flexibility index (Phi) is 4.48. The number of rotatable bonds is 4. The first-order valence-corrected chi connectivity index (χ1v) is 7.90. The van der Waals surface area contributed by atoms with Gasteiger partial charge in [-0.3, -0.25) is 0 Å². The highest BCUT2D eigenvalue weighted by molar-refractivity contribution is 7.98. The second kappa shape index (κ2) is 6.52. The lowest BCUT2D eigenvalue weighted by molar-refractivity contribution is 0.530. The Hall–Kier alpha value is -1.49. The Labute approximate surface area is 136 Å². The predicted octanol–water partition coefficient (Wildman–Crippen LogP) is 5.34. The van der Waals surface area contributed by atoms with Gasteiger partial charge in [0.25, 0.3) is 0 Å². The molecule has 0 fully saturated rings. The second-order valence-corrected chi connectivity index (χ2v) is 6.10. The SMILES string of the molecule is Clc1ccc(-c2cnc(CSc3ccc(Cl)cn3)o2)cc1. The van der Waals surface area contributed by atoms with Crippen LogP contribution in [0.5, 0.6) is 0 Å². The summed E-state index contributed by atoms with van der Waals surface area (Å²) in [5, 5.41) is 2.20. The van der Waals surface area contributed by atoms with E-state index in [1.807, 2.05) is 36.4 Å². The van der Waals surface area contributed by atoms with E-state index in [-0.39, 0.29) is 0 Å². The van der Waals surface area contributed by atoms with Crippen LogP contribution in [0.4, 0.5) is 0 Å². The van der Waals surface area contributed by atoms with Gasteiger partial charge in [0.1, 0.15) is 0 Å². The van der Waals surface area contributed by atoms with E-state index in [0.29, 0.717) is 21.7 Å². The lowest BCUT2D eigenvalue weighted by Crippen LogP contribution is -1.82. The third-order valence-electron chi connectivity index (χ3n) is 2.73. The van der Waals surface area contributed by atoms with Gasteiger partial charge in [-0.1, -0.05) is 35.0 Å². The van der Waals surface area contributed by atoms with Crippen LogP contribution in [0.3, 0.4) is 0 Å². The van der Waals surface area contributed by atoms with Crippen molar-refractivity contribution < 1.29 is 4.42 Å². The van der Waals surface area contributed by atoms with E-state index in [1.54, 1.807) is 24.2 Å². The number of aromatic nitrogens is 2. The van der Waals surface area contributed by atoms with Crippen LogP contribution in [0, 0.1) is 0 Å². The van der Waals surface area contributed by atoms with Crippen molar-refractivity contribution in [1.82, 2.24) is 9.97 Å². The zero-order valence-electron chi connectivity index (χ0n) is 10.8. The molecule has 3 rings (SSSR count). The zero-order chi connectivity index (χ0) is 14.7. The van der Waals surface area contributed by atoms with Crippen molar-refractivity contribution in [3.05, 3.63) is 64.7 Å². The summed E-state index contributed by atoms with van der Waals surface area (Å²) >= 11 is 13.2. The molecule has 0 aliphatic carbocycles. The number of thioether (sulfide) groups is 1. The minimum absolute atomic E-state index is 0.613. The normalized spacial score (nSPS) is 10.8. The summed E-state index contributed by atoms with van der Waals surface area (Å²) in [6.45, 7) is 0. The molecule has 0 aliphatic rings. The molecule has 106 valence electrons. The number of oxazole rings is 1. The van der Waals surface area contributed by atoms with Crippen LogP contribution in [-0.2, 0) is 5.75 Å². The van der Waals surface area contributed by atoms with Crippen molar-refractivity contribution in [3.63, 3.8) is 0 Å². The molecule has 2 heterocycles. The lowest BCUT2D eigenvalue weighted by Gasteiger charge is -1.98. The Morgan fingerprint density at radius 3 is 2.38 bits per heavy atom. The molecule has 0 radical (unpaired) electrons. The van der Waals surface area contributed by atoms with Crippen LogP contribution in [0.2, 0.25) is 10.0 Å². The second-order valence-electron chi connectivity index (χ2n) is 4.23. The smallest absolute Gasteiger partial charge is 0.205 e. The molecule has 0 aliphatic heterocycles. The van der Waals surface area contributed by atoms with Gasteiger partial charge in [0.2, 0.25) is 5.89 Å². The van der Waals surface area contributed by atoms with E-state index < -0.39 is 0 Å². The van der Waals surface area contributed by atoms with Crippen LogP contribution in [0.25, 0.3) is 11.3 Å². The number of benzene rings is 1. The van der Waals surface area contributed by atoms with Crippen molar-refractivity contribution in [2.24, 2.45) is 0 Å². The van der Waals surface area contributed by atoms with E-state index in [2.05, 4.69) is 9.97 Å². The first-order chi connectivity index (χ1) is 10.2. The summed E-state index contributed by atoms with van der Waals surface area (Å²) in [6, 6.07) is 11.1. The molecule has 1 aromatic carbocycles. The largest absolute Gasteiger partial charge is 0.440 e. The quantitative estimate of drug-likeness (QED) is 0.603. The predicted molar refractivity (Wildman–Crippen MR) is 85.8 cm³/mol. The monoisotopic (exact) mass is 336 g/mol. The molecule has 0 saturated heterocycles. The number of nitrogens with zero attached hydrogens (tertiary/aromatic N) is 2. The fraction of sp³-hybridized carbons (Fsp3) is 0.0667. The molecule has 0 saturated carbocycles. The third-order valence-corrected chi connectivity index (χ3v) is 4.13. The summed E-state index contributed by atoms with van der Waals surface area (Å²) in [7, 11) is 0. The topological polar surface area (TPSA) is 38.9 Å². The van der Waals surface area contributed by atoms with Crippen LogP contribution in [0.15, 0.2) is 58.2 Å². The molecular formula is C15H10Cl2N2OS. The molecule has 0 N–H and O–H groups in total. The maximum Gasteiger partial charge on any atom is 0.205 e. The van der Waals surface area contributed by atoms with Crippen molar-refractivity contribution in [1.29, 1.82) is 0 Å². The van der Waals surface area contributed by atoms with Crippen LogP contribution >= 0.6 is 35.0 Å². The molecule has 0 bridgehead atoms. The first-order valence-electron chi connectivity index (χ1n) is 6.16. The Morgan fingerprint density at radius 2 is 1.67 bits per heavy atom. The molecule has 21 heavy (non-hydrogen) atoms. The lowest BCUT2D eigenvalue weighted by atomic mass is 10.2. The number of hydrogen-bond acceptors (Lipinski definition) is 4. The van der Waals surface area contributed by atoms with Gasteiger partial charge in [0.05, 0.1) is 22.0 Å². The average Bonchev–Trinajstić information content (AvgIpc) is 2.96. The summed E-state index contributed by atoms with van der Waals surface area (Å²) < 4.78 is 5.73. The van der Waals surface area contributed by atoms with Gasteiger partial charge in [0.15, 0.2) is 5.76 Å². The van der Waals surface area contributed by atoms with Crippen LogP contribution < -0.4 is 0 Å². The Morgan fingerprint density at radius 1 is 0.905 bits per heavy atom. The zero-order valence-corrected chi connectivity index (χ0v) is 13.1. The molecule has 0 atom stereocenters. The standard InChI is InChI=1S/C15H10Cl2N2OS/c16-11-3-1-10(2-4-11)13-8-18-14(20-13)9-21-15-6-5-12(17)7-19-15/h1-8H,9H2. The minimum Gasteiger partial charge on any atom is -0.440 e. The highest BCUT2D eigenvalue weighted by Crippen LogP contribution is 2.26. The maximum atomic E-state index is 5.87. The van der Waals surface area contributed by atoms with Gasteiger partial charge >= 0.3 is 0 Å². The van der Waals surface area contributed by atoms with E-state index in [0.717, 1.165) is 16.3 Å². The molecule has 0 spiro atoms. The van der Waals surface area contributed by atoms with Crippen LogP contribution in [0.1, 0.15) is 5.89 Å². The number of halogens is 2. The molecule has 6 heteroatoms. The minimum atomic E-state index is 0.613. The fourth-order valence-corrected chi connectivity index (χ4v) is 2.64. The third kappa shape index (κ3) is 3.79. The van der Waals surface area contributed by atoms with Crippen molar-refractivity contribution in [2.75, 3.05) is 0 Å². The van der Waals surface area contributed by atoms with Gasteiger partial charge < -0.3 is 4.42 Å². The van der Waals surface area contributed by atoms with E-state index in [1.165, 1.54) is 0 Å². The van der Waals surface area contributed by atoms with E-state index >= 15 is 0 Å². The Bertz CT molecular complexity index is 726. The van der Waals surface area contributed by atoms with Gasteiger partial charge in [-0.05, 0) is 36.4 Å². The molecule has 3 aromatic rings. The molecule has 3 nitrogen and oxygen atoms in total. The summed E-state index contributed by atoms with van der Waals surface area (Å²) in [5.74, 6) is 2.00. The number of pyridine rings is 1. The highest BCUT2D eigenvalue weighted by atomic mass is 35.5. The molecule has 0 unspecified atom stereocenters. The van der Waals surface area contributed by atoms with Crippen molar-refractivity contribution >= 4 is 35.0 Å². The summed E-state index contributed by atoms with van der Waals surface area (Å²) in [6.07, 6.45) is 3.34. The van der Waals surface area contributed by atoms with Gasteiger partial charge in [0, 0.05) is 16.8 Å². The van der Waals surface area contributed by atoms with Crippen molar-refractivity contribution in [2.45, 2.75) is 10.8 Å². The molecular weight excluding hydrogens is 327 g/mol. The van der Waals surface area contributed by atoms with E-state index in [4.69, 9.17) is 27.6 Å². The van der Waals surface area contributed by atoms with Crippen LogP contribution in [-0.4, -0.2) is 9.97 Å². The number of hydrogen-bond donors (Lipinski definition) is 0. The Balaban J connectivity index is 1.67. The summed E-state index contributed by atoms with van der Waals surface area (Å²) in [5.41, 5.74) is 0.952. The maximum absolute atomic E-state index is 5.87. The van der Waals surface area contributed by atoms with Gasteiger partial charge in [-0.2, -0.15) is 0 Å². The average molecular weight is 337 g/mol. The van der Waals surface area contributed by atoms with Gasteiger partial charge in [-0.25, -0.2) is 9.97 Å². The first kappa shape index (κ1) is 14.4. The summed E-state index contributed by atoms with van der Waals surface area (Å²) in [4.78, 5) is 8.49. The molecule has 2 aromatic heterocycles. The van der Waals surface area contributed by atoms with Gasteiger partial charge in [-0.15, -0.1) is 0 Å². The van der Waals surface area contributed by atoms with Crippen molar-refractivity contribution in [3.8, 4) is 11.3 Å². The molecule has 0 amide bonds. The van der Waals surface area contributed by atoms with E-state index in [9.17, 15) is 0 Å². The highest BCUT2D eigenvalue weighted by Gasteiger charge is 2.07.